The van der Waals surface area contributed by atoms with Crippen molar-refractivity contribution in [2.75, 3.05) is 0 Å². The highest BCUT2D eigenvalue weighted by Gasteiger charge is 2.32. The van der Waals surface area contributed by atoms with Gasteiger partial charge >= 0.3 is 6.11 Å². The highest BCUT2D eigenvalue weighted by Crippen LogP contribution is 2.44. The van der Waals surface area contributed by atoms with Gasteiger partial charge in [0.1, 0.15) is 5.75 Å². The maximum atomic E-state index is 13.3. The molecule has 2 aliphatic rings. The smallest absolute Gasteiger partial charge is 0.425 e. The molecule has 2 saturated carbocycles. The average molecular weight is 398 g/mol. The topological polar surface area (TPSA) is 9.23 Å². The molecule has 2 fully saturated rings. The van der Waals surface area contributed by atoms with Crippen LogP contribution in [0.1, 0.15) is 76.2 Å². The molecule has 2 aliphatic carbocycles. The maximum Gasteiger partial charge on any atom is 0.425 e. The van der Waals surface area contributed by atoms with Crippen molar-refractivity contribution in [1.82, 2.24) is 0 Å². The molecular formula is C23H30F4O. The molecule has 0 heterocycles. The summed E-state index contributed by atoms with van der Waals surface area (Å²) in [5.74, 6) is 2.98. The van der Waals surface area contributed by atoms with Gasteiger partial charge in [-0.1, -0.05) is 38.3 Å². The number of hydrogen-bond donors (Lipinski definition) is 0. The third kappa shape index (κ3) is 5.74. The van der Waals surface area contributed by atoms with Gasteiger partial charge in [0, 0.05) is 0 Å². The molecule has 3 rings (SSSR count). The Morgan fingerprint density at radius 2 is 1.46 bits per heavy atom. The van der Waals surface area contributed by atoms with Crippen LogP contribution in [-0.2, 0) is 0 Å². The van der Waals surface area contributed by atoms with Gasteiger partial charge in [-0.3, -0.25) is 0 Å². The van der Waals surface area contributed by atoms with E-state index in [1.165, 1.54) is 57.1 Å². The molecule has 0 bridgehead atoms. The first-order valence-electron chi connectivity index (χ1n) is 10.6. The van der Waals surface area contributed by atoms with Gasteiger partial charge in [0.2, 0.25) is 0 Å². The summed E-state index contributed by atoms with van der Waals surface area (Å²) in [6, 6.07) is 6.48. The van der Waals surface area contributed by atoms with E-state index in [9.17, 15) is 17.6 Å². The van der Waals surface area contributed by atoms with Crippen LogP contribution in [0.2, 0.25) is 0 Å². The lowest BCUT2D eigenvalue weighted by Gasteiger charge is -2.38. The van der Waals surface area contributed by atoms with E-state index in [1.807, 2.05) is 0 Å². The first-order valence-corrected chi connectivity index (χ1v) is 10.6. The van der Waals surface area contributed by atoms with Crippen molar-refractivity contribution in [1.29, 1.82) is 0 Å². The molecule has 156 valence electrons. The van der Waals surface area contributed by atoms with E-state index in [1.54, 1.807) is 12.1 Å². The summed E-state index contributed by atoms with van der Waals surface area (Å²) < 4.78 is 55.1. The van der Waals surface area contributed by atoms with Crippen LogP contribution < -0.4 is 4.74 Å². The summed E-state index contributed by atoms with van der Waals surface area (Å²) in [6.07, 6.45) is 4.63. The van der Waals surface area contributed by atoms with Gasteiger partial charge in [0.15, 0.2) is 0 Å². The number of ether oxygens (including phenoxy) is 1. The monoisotopic (exact) mass is 398 g/mol. The van der Waals surface area contributed by atoms with Crippen molar-refractivity contribution in [3.63, 3.8) is 0 Å². The third-order valence-electron chi connectivity index (χ3n) is 6.79. The first-order chi connectivity index (χ1) is 13.4. The molecule has 0 unspecified atom stereocenters. The second kappa shape index (κ2) is 9.32. The van der Waals surface area contributed by atoms with Crippen LogP contribution in [-0.4, -0.2) is 6.11 Å². The van der Waals surface area contributed by atoms with Crippen LogP contribution in [0.15, 0.2) is 36.4 Å². The molecule has 0 amide bonds. The van der Waals surface area contributed by atoms with Crippen molar-refractivity contribution < 1.29 is 22.3 Å². The molecular weight excluding hydrogens is 368 g/mol. The van der Waals surface area contributed by atoms with Gasteiger partial charge in [-0.2, -0.15) is 17.6 Å². The molecule has 0 atom stereocenters. The zero-order chi connectivity index (χ0) is 20.1. The highest BCUT2D eigenvalue weighted by molar-refractivity contribution is 5.30. The lowest BCUT2D eigenvalue weighted by Crippen LogP contribution is -2.25. The number of rotatable bonds is 6. The number of hydrogen-bond acceptors (Lipinski definition) is 1. The summed E-state index contributed by atoms with van der Waals surface area (Å²) in [6.45, 7) is 2.30. The molecule has 0 saturated heterocycles. The quantitative estimate of drug-likeness (QED) is 0.442. The predicted octanol–water partition coefficient (Wildman–Crippen LogP) is 7.93. The fraction of sp³-hybridized carbons (Fsp3) is 0.652. The van der Waals surface area contributed by atoms with Crippen LogP contribution in [0.25, 0.3) is 0 Å². The fourth-order valence-electron chi connectivity index (χ4n) is 5.11. The van der Waals surface area contributed by atoms with Gasteiger partial charge in [-0.15, -0.1) is 0 Å². The zero-order valence-corrected chi connectivity index (χ0v) is 16.5. The number of alkyl halides is 2. The lowest BCUT2D eigenvalue weighted by atomic mass is 9.68. The third-order valence-corrected chi connectivity index (χ3v) is 6.79. The minimum Gasteiger partial charge on any atom is -0.429 e. The van der Waals surface area contributed by atoms with Gasteiger partial charge in [0.05, 0.1) is 6.08 Å². The first kappa shape index (κ1) is 21.2. The standard InChI is InChI=1S/C23H30F4O/c1-2-16-3-5-17(6-4-16)18-7-9-19(10-8-18)20-11-13-21(14-12-20)28-23(26,27)15-22(24)25/h11-19H,2-10H2,1H3. The molecule has 0 aliphatic heterocycles. The van der Waals surface area contributed by atoms with E-state index in [4.69, 9.17) is 0 Å². The van der Waals surface area contributed by atoms with E-state index in [2.05, 4.69) is 11.7 Å². The molecule has 0 radical (unpaired) electrons. The molecule has 1 aromatic rings. The second-order valence-corrected chi connectivity index (χ2v) is 8.47. The summed E-state index contributed by atoms with van der Waals surface area (Å²) in [5, 5.41) is 0. The Bertz CT molecular complexity index is 635. The molecule has 5 heteroatoms. The molecule has 0 N–H and O–H groups in total. The summed E-state index contributed by atoms with van der Waals surface area (Å²) in [5.41, 5.74) is 1.12. The van der Waals surface area contributed by atoms with Crippen molar-refractivity contribution in [3.8, 4) is 5.75 Å². The largest absolute Gasteiger partial charge is 0.429 e. The van der Waals surface area contributed by atoms with Gasteiger partial charge in [-0.25, -0.2) is 0 Å². The highest BCUT2D eigenvalue weighted by atomic mass is 19.3. The Balaban J connectivity index is 1.50. The molecule has 0 aromatic heterocycles. The minimum absolute atomic E-state index is 0.104. The fourth-order valence-corrected chi connectivity index (χ4v) is 5.11. The second-order valence-electron chi connectivity index (χ2n) is 8.47. The molecule has 1 aromatic carbocycles. The van der Waals surface area contributed by atoms with E-state index in [0.29, 0.717) is 5.92 Å². The Hall–Kier alpha value is -1.52. The van der Waals surface area contributed by atoms with Crippen LogP contribution in [0.4, 0.5) is 17.6 Å². The van der Waals surface area contributed by atoms with Crippen molar-refractivity contribution in [3.05, 3.63) is 42.0 Å². The minimum atomic E-state index is -4.00. The summed E-state index contributed by atoms with van der Waals surface area (Å²) in [4.78, 5) is 0. The lowest BCUT2D eigenvalue weighted by molar-refractivity contribution is -0.133. The summed E-state index contributed by atoms with van der Waals surface area (Å²) >= 11 is 0. The van der Waals surface area contributed by atoms with E-state index in [-0.39, 0.29) is 5.75 Å². The van der Waals surface area contributed by atoms with Crippen LogP contribution >= 0.6 is 0 Å². The summed E-state index contributed by atoms with van der Waals surface area (Å²) in [7, 11) is 0. The Morgan fingerprint density at radius 3 is 1.96 bits per heavy atom. The molecule has 0 spiro atoms. The zero-order valence-electron chi connectivity index (χ0n) is 16.5. The normalized spacial score (nSPS) is 28.6. The van der Waals surface area contributed by atoms with Crippen LogP contribution in [0, 0.1) is 17.8 Å². The van der Waals surface area contributed by atoms with Gasteiger partial charge in [-0.05, 0) is 79.9 Å². The van der Waals surface area contributed by atoms with Crippen LogP contribution in [0.3, 0.4) is 0 Å². The van der Waals surface area contributed by atoms with Crippen LogP contribution in [0.5, 0.6) is 5.75 Å². The van der Waals surface area contributed by atoms with Crippen molar-refractivity contribution in [2.24, 2.45) is 17.8 Å². The molecule has 28 heavy (non-hydrogen) atoms. The van der Waals surface area contributed by atoms with Gasteiger partial charge < -0.3 is 4.74 Å². The Labute approximate surface area is 165 Å². The average Bonchev–Trinajstić information content (AvgIpc) is 2.67. The van der Waals surface area contributed by atoms with E-state index in [0.717, 1.165) is 36.2 Å². The predicted molar refractivity (Wildman–Crippen MR) is 103 cm³/mol. The number of halogens is 4. The molecule has 1 nitrogen and oxygen atoms in total. The Morgan fingerprint density at radius 1 is 0.929 bits per heavy atom. The van der Waals surface area contributed by atoms with Crippen molar-refractivity contribution in [2.45, 2.75) is 76.7 Å². The SMILES string of the molecule is CCC1CCC(C2CCC(c3ccc(OC(F)(F)C=C(F)F)cc3)CC2)CC1. The number of benzene rings is 1. The maximum absolute atomic E-state index is 13.3. The van der Waals surface area contributed by atoms with E-state index >= 15 is 0 Å². The van der Waals surface area contributed by atoms with Crippen molar-refractivity contribution >= 4 is 0 Å². The Kier molecular flexibility index (Phi) is 7.05. The van der Waals surface area contributed by atoms with Gasteiger partial charge in [0.25, 0.3) is 6.08 Å². The van der Waals surface area contributed by atoms with E-state index < -0.39 is 18.3 Å².